The molecule has 0 amide bonds. The zero-order chi connectivity index (χ0) is 15.5. The lowest BCUT2D eigenvalue weighted by Gasteiger charge is -2.55. The number of para-hydroxylation sites is 1. The Labute approximate surface area is 147 Å². The summed E-state index contributed by atoms with van der Waals surface area (Å²) < 4.78 is 8.10. The first kappa shape index (κ1) is 15.9. The number of aromatic nitrogens is 1. The second kappa shape index (κ2) is 5.46. The van der Waals surface area contributed by atoms with Crippen LogP contribution in [0.5, 0.6) is 0 Å². The van der Waals surface area contributed by atoms with Crippen LogP contribution in [0.15, 0.2) is 29.3 Å². The van der Waals surface area contributed by atoms with Gasteiger partial charge < -0.3 is 9.13 Å². The molecule has 2 aromatic rings. The number of amidine groups is 1. The van der Waals surface area contributed by atoms with Gasteiger partial charge in [-0.1, -0.05) is 30.9 Å². The number of fused-ring (bicyclic) bond motifs is 3. The highest BCUT2D eigenvalue weighted by molar-refractivity contribution is 7.22. The largest absolute Gasteiger partial charge is 0.481 e. The molecule has 1 spiro atoms. The Hall–Kier alpha value is -1.60. The van der Waals surface area contributed by atoms with Crippen LogP contribution in [0.3, 0.4) is 0 Å². The number of piperidine rings is 3. The lowest BCUT2D eigenvalue weighted by atomic mass is 9.72. The topological polar surface area (TPSA) is 46.5 Å². The normalized spacial score (nSPS) is 34.0. The Morgan fingerprint density at radius 1 is 1.29 bits per heavy atom. The molecular formula is C17H22BN4OS+. The van der Waals surface area contributed by atoms with E-state index in [1.807, 2.05) is 18.2 Å². The third kappa shape index (κ3) is 2.42. The number of hydrogen-bond donors (Lipinski definition) is 1. The molecule has 124 valence electrons. The van der Waals surface area contributed by atoms with Crippen LogP contribution >= 0.6 is 11.3 Å². The van der Waals surface area contributed by atoms with Gasteiger partial charge in [-0.05, 0) is 12.1 Å². The van der Waals surface area contributed by atoms with Gasteiger partial charge in [0.15, 0.2) is 10.7 Å². The van der Waals surface area contributed by atoms with Gasteiger partial charge in [0.25, 0.3) is 6.02 Å². The monoisotopic (exact) mass is 341 g/mol. The first-order valence-electron chi connectivity index (χ1n) is 8.15. The highest BCUT2D eigenvalue weighted by Gasteiger charge is 2.57. The number of aliphatic imine (C=N–C) groups is 1. The summed E-state index contributed by atoms with van der Waals surface area (Å²) in [6.45, 7) is 3.71. The van der Waals surface area contributed by atoms with E-state index in [1.54, 1.807) is 11.3 Å². The lowest BCUT2D eigenvalue weighted by molar-refractivity contribution is -0.845. The number of anilines is 1. The summed E-state index contributed by atoms with van der Waals surface area (Å²) in [5.74, 6) is 0.574. The van der Waals surface area contributed by atoms with Crippen molar-refractivity contribution in [1.29, 1.82) is 0 Å². The molecule has 6 rings (SSSR count). The molecule has 2 radical (unpaired) electrons. The van der Waals surface area contributed by atoms with Gasteiger partial charge in [-0.2, -0.15) is 0 Å². The van der Waals surface area contributed by atoms with Gasteiger partial charge >= 0.3 is 7.98 Å². The molecule has 1 N–H and O–H groups in total. The van der Waals surface area contributed by atoms with Crippen molar-refractivity contribution < 1.29 is 9.13 Å². The zero-order valence-electron chi connectivity index (χ0n) is 12.9. The van der Waals surface area contributed by atoms with E-state index in [-0.39, 0.29) is 13.0 Å². The summed E-state index contributed by atoms with van der Waals surface area (Å²) in [6, 6.07) is 8.73. The van der Waals surface area contributed by atoms with Crippen LogP contribution in [0.2, 0.25) is 0 Å². The van der Waals surface area contributed by atoms with Gasteiger partial charge in [0.2, 0.25) is 0 Å². The summed E-state index contributed by atoms with van der Waals surface area (Å²) in [5.41, 5.74) is 0.798. The summed E-state index contributed by atoms with van der Waals surface area (Å²) in [7, 11) is 6.48. The standard InChI is InChI=1S/C16H18BN4OS.CH4/c17-21-7-5-11(6-8-21)16(10-21)9-18-14(22-16)20-15-19-12-3-1-2-4-13(12)23-15;/h1-4,11H,5-10H2,(H,18,19,20);1H4/q+1;. The van der Waals surface area contributed by atoms with E-state index in [4.69, 9.17) is 12.7 Å². The molecule has 1 aromatic carbocycles. The number of rotatable bonds is 1. The van der Waals surface area contributed by atoms with E-state index in [0.717, 1.165) is 47.8 Å². The van der Waals surface area contributed by atoms with E-state index in [0.29, 0.717) is 22.9 Å². The van der Waals surface area contributed by atoms with Crippen LogP contribution in [0.1, 0.15) is 20.3 Å². The number of hydrogen-bond acceptors (Lipinski definition) is 5. The second-order valence-corrected chi connectivity index (χ2v) is 8.03. The fraction of sp³-hybridized carbons (Fsp3) is 0.529. The molecule has 2 bridgehead atoms. The number of nitrogens with one attached hydrogen (secondary N) is 1. The van der Waals surface area contributed by atoms with Crippen LogP contribution in [-0.2, 0) is 4.74 Å². The van der Waals surface area contributed by atoms with Crippen LogP contribution in [-0.4, -0.2) is 55.2 Å². The lowest BCUT2D eigenvalue weighted by Crippen LogP contribution is -2.69. The van der Waals surface area contributed by atoms with Crippen LogP contribution in [0.25, 0.3) is 10.2 Å². The highest BCUT2D eigenvalue weighted by atomic mass is 32.1. The van der Waals surface area contributed by atoms with E-state index in [9.17, 15) is 0 Å². The molecule has 1 unspecified atom stereocenters. The molecule has 24 heavy (non-hydrogen) atoms. The molecule has 4 aliphatic rings. The van der Waals surface area contributed by atoms with Crippen molar-refractivity contribution in [2.24, 2.45) is 10.9 Å². The SMILES string of the molecule is C.[B][N+]12CCC(CC1)C1(CN=C(Nc3nc4ccccc4s3)O1)C2. The van der Waals surface area contributed by atoms with Crippen LogP contribution in [0.4, 0.5) is 5.13 Å². The van der Waals surface area contributed by atoms with Crippen molar-refractivity contribution in [2.45, 2.75) is 25.9 Å². The third-order valence-corrected chi connectivity index (χ3v) is 6.42. The van der Waals surface area contributed by atoms with E-state index in [1.165, 1.54) is 0 Å². The van der Waals surface area contributed by atoms with Crippen molar-refractivity contribution >= 4 is 40.7 Å². The number of thiazole rings is 1. The molecule has 1 aromatic heterocycles. The van der Waals surface area contributed by atoms with Gasteiger partial charge in [0, 0.05) is 18.8 Å². The summed E-state index contributed by atoms with van der Waals surface area (Å²) >= 11 is 1.62. The maximum absolute atomic E-state index is 6.48. The van der Waals surface area contributed by atoms with E-state index in [2.05, 4.69) is 21.4 Å². The molecule has 3 saturated heterocycles. The average Bonchev–Trinajstić information content (AvgIpc) is 3.11. The number of ether oxygens (including phenoxy) is 1. The minimum atomic E-state index is -0.204. The Balaban J connectivity index is 0.00000146. The Kier molecular flexibility index (Phi) is 3.62. The average molecular weight is 341 g/mol. The molecule has 7 heteroatoms. The molecule has 0 aliphatic carbocycles. The Bertz CT molecular complexity index is 766. The molecule has 4 aliphatic heterocycles. The predicted molar refractivity (Wildman–Crippen MR) is 99.4 cm³/mol. The first-order chi connectivity index (χ1) is 11.1. The van der Waals surface area contributed by atoms with E-state index >= 15 is 0 Å². The fourth-order valence-electron chi connectivity index (χ4n) is 4.27. The maximum Gasteiger partial charge on any atom is 0.481 e. The van der Waals surface area contributed by atoms with Gasteiger partial charge in [-0.15, -0.1) is 0 Å². The summed E-state index contributed by atoms with van der Waals surface area (Å²) in [4.78, 5) is 9.20. The van der Waals surface area contributed by atoms with Crippen LogP contribution < -0.4 is 5.32 Å². The summed E-state index contributed by atoms with van der Waals surface area (Å²) in [5, 5.41) is 4.09. The van der Waals surface area contributed by atoms with Crippen molar-refractivity contribution in [2.75, 3.05) is 31.5 Å². The zero-order valence-corrected chi connectivity index (χ0v) is 13.7. The second-order valence-electron chi connectivity index (χ2n) is 7.00. The molecule has 5 heterocycles. The van der Waals surface area contributed by atoms with Gasteiger partial charge in [-0.3, -0.25) is 5.32 Å². The maximum atomic E-state index is 6.48. The van der Waals surface area contributed by atoms with E-state index < -0.39 is 0 Å². The van der Waals surface area contributed by atoms with Gasteiger partial charge in [0.05, 0.1) is 29.9 Å². The smallest absolute Gasteiger partial charge is 0.450 e. The number of quaternary nitrogens is 1. The van der Waals surface area contributed by atoms with Crippen molar-refractivity contribution in [1.82, 2.24) is 4.98 Å². The van der Waals surface area contributed by atoms with Gasteiger partial charge in [-0.25, -0.2) is 9.98 Å². The number of benzene rings is 1. The first-order valence-corrected chi connectivity index (χ1v) is 8.97. The number of nitrogens with zero attached hydrogens (tertiary/aromatic N) is 3. The minimum Gasteiger partial charge on any atom is -0.450 e. The van der Waals surface area contributed by atoms with Crippen molar-refractivity contribution in [3.8, 4) is 0 Å². The Morgan fingerprint density at radius 3 is 2.83 bits per heavy atom. The molecule has 0 saturated carbocycles. The van der Waals surface area contributed by atoms with Crippen LogP contribution in [0, 0.1) is 5.92 Å². The highest BCUT2D eigenvalue weighted by Crippen LogP contribution is 2.43. The molecule has 1 atom stereocenters. The molecule has 5 nitrogen and oxygen atoms in total. The molecular weight excluding hydrogens is 319 g/mol. The third-order valence-electron chi connectivity index (χ3n) is 5.47. The molecule has 3 fully saturated rings. The Morgan fingerprint density at radius 2 is 2.08 bits per heavy atom. The minimum absolute atomic E-state index is 0. The van der Waals surface area contributed by atoms with Crippen molar-refractivity contribution in [3.63, 3.8) is 0 Å². The quantitative estimate of drug-likeness (QED) is 0.812. The van der Waals surface area contributed by atoms with Gasteiger partial charge in [0.1, 0.15) is 6.54 Å². The van der Waals surface area contributed by atoms with Crippen molar-refractivity contribution in [3.05, 3.63) is 24.3 Å². The predicted octanol–water partition coefficient (Wildman–Crippen LogP) is 2.79. The summed E-state index contributed by atoms with van der Waals surface area (Å²) in [6.07, 6.45) is 2.28. The fourth-order valence-corrected chi connectivity index (χ4v) is 5.12.